The number of rotatable bonds is 6. The molecule has 0 aliphatic carbocycles. The molecule has 0 unspecified atom stereocenters. The lowest BCUT2D eigenvalue weighted by Gasteiger charge is -2.22. The Morgan fingerprint density at radius 3 is 2.65 bits per heavy atom. The fourth-order valence-electron chi connectivity index (χ4n) is 3.93. The zero-order chi connectivity index (χ0) is 22.0. The maximum absolute atomic E-state index is 14.5. The highest BCUT2D eigenvalue weighted by molar-refractivity contribution is 7.21. The third-order valence-electron chi connectivity index (χ3n) is 5.37. The van der Waals surface area contributed by atoms with Crippen LogP contribution in [0.5, 0.6) is 0 Å². The van der Waals surface area contributed by atoms with Gasteiger partial charge in [0.15, 0.2) is 0 Å². The quantitative estimate of drug-likeness (QED) is 0.554. The molecule has 1 aliphatic rings. The Morgan fingerprint density at radius 1 is 1.16 bits per heavy atom. The Morgan fingerprint density at radius 2 is 1.94 bits per heavy atom. The number of fused-ring (bicyclic) bond motifs is 1. The van der Waals surface area contributed by atoms with Crippen molar-refractivity contribution in [3.05, 3.63) is 58.2 Å². The van der Waals surface area contributed by atoms with Gasteiger partial charge in [-0.25, -0.2) is 9.18 Å². The zero-order valence-corrected chi connectivity index (χ0v) is 18.2. The molecule has 3 aromatic rings. The molecule has 1 fully saturated rings. The van der Waals surface area contributed by atoms with E-state index in [2.05, 4.69) is 10.2 Å². The number of thiophene rings is 1. The Kier molecular flexibility index (Phi) is 6.20. The summed E-state index contributed by atoms with van der Waals surface area (Å²) < 4.78 is 25.2. The van der Waals surface area contributed by atoms with Gasteiger partial charge in [0.1, 0.15) is 5.82 Å². The van der Waals surface area contributed by atoms with E-state index in [1.54, 1.807) is 24.3 Å². The van der Waals surface area contributed by atoms with Crippen molar-refractivity contribution in [1.82, 2.24) is 0 Å². The Bertz CT molecular complexity index is 1140. The Labute approximate surface area is 183 Å². The van der Waals surface area contributed by atoms with Crippen molar-refractivity contribution >= 4 is 44.7 Å². The van der Waals surface area contributed by atoms with E-state index in [1.807, 2.05) is 6.07 Å². The number of nitrogens with zero attached hydrogens (tertiary/aromatic N) is 1. The molecule has 31 heavy (non-hydrogen) atoms. The van der Waals surface area contributed by atoms with Gasteiger partial charge < -0.3 is 19.7 Å². The SMILES string of the molecule is COCc1c(C(=O)Nc2cc(C(=O)OC)ccc2N2CCCC2)sc2cccc(F)c12. The van der Waals surface area contributed by atoms with E-state index in [-0.39, 0.29) is 18.3 Å². The number of hydrogen-bond donors (Lipinski definition) is 1. The zero-order valence-electron chi connectivity index (χ0n) is 17.4. The van der Waals surface area contributed by atoms with Crippen LogP contribution in [-0.4, -0.2) is 39.2 Å². The smallest absolute Gasteiger partial charge is 0.337 e. The molecule has 1 saturated heterocycles. The second-order valence-electron chi connectivity index (χ2n) is 7.33. The molecule has 2 heterocycles. The number of carbonyl (C=O) groups excluding carboxylic acids is 2. The van der Waals surface area contributed by atoms with Crippen molar-refractivity contribution in [2.45, 2.75) is 19.4 Å². The molecule has 8 heteroatoms. The molecule has 1 aliphatic heterocycles. The number of halogens is 1. The molecule has 0 saturated carbocycles. The number of anilines is 2. The highest BCUT2D eigenvalue weighted by Crippen LogP contribution is 2.36. The van der Waals surface area contributed by atoms with E-state index in [1.165, 1.54) is 31.6 Å². The molecular formula is C23H23FN2O4S. The van der Waals surface area contributed by atoms with Crippen molar-refractivity contribution in [3.8, 4) is 0 Å². The van der Waals surface area contributed by atoms with Crippen LogP contribution in [0.2, 0.25) is 0 Å². The van der Waals surface area contributed by atoms with Gasteiger partial charge in [0.25, 0.3) is 5.91 Å². The number of nitrogens with one attached hydrogen (secondary N) is 1. The van der Waals surface area contributed by atoms with Gasteiger partial charge in [-0.2, -0.15) is 0 Å². The summed E-state index contributed by atoms with van der Waals surface area (Å²) in [6.07, 6.45) is 2.14. The molecular weight excluding hydrogens is 419 g/mol. The summed E-state index contributed by atoms with van der Waals surface area (Å²) in [7, 11) is 2.83. The van der Waals surface area contributed by atoms with Gasteiger partial charge >= 0.3 is 5.97 Å². The van der Waals surface area contributed by atoms with Crippen LogP contribution in [0.25, 0.3) is 10.1 Å². The first-order valence-corrected chi connectivity index (χ1v) is 10.8. The van der Waals surface area contributed by atoms with E-state index >= 15 is 0 Å². The maximum Gasteiger partial charge on any atom is 0.337 e. The fraction of sp³-hybridized carbons (Fsp3) is 0.304. The standard InChI is InChI=1S/C23H23FN2O4S/c1-29-13-15-20-16(24)6-5-7-19(20)31-21(15)22(27)25-17-12-14(23(28)30-2)8-9-18(17)26-10-3-4-11-26/h5-9,12H,3-4,10-11,13H2,1-2H3,(H,25,27). The number of ether oxygens (including phenoxy) is 2. The molecule has 6 nitrogen and oxygen atoms in total. The van der Waals surface area contributed by atoms with Crippen LogP contribution in [0, 0.1) is 5.82 Å². The lowest BCUT2D eigenvalue weighted by Crippen LogP contribution is -2.21. The van der Waals surface area contributed by atoms with E-state index in [9.17, 15) is 14.0 Å². The largest absolute Gasteiger partial charge is 0.465 e. The van der Waals surface area contributed by atoms with Gasteiger partial charge in [-0.15, -0.1) is 11.3 Å². The number of carbonyl (C=O) groups is 2. The minimum atomic E-state index is -0.479. The van der Waals surface area contributed by atoms with Crippen LogP contribution in [0.1, 0.15) is 38.4 Å². The molecule has 0 radical (unpaired) electrons. The predicted octanol–water partition coefficient (Wildman–Crippen LogP) is 4.83. The number of esters is 1. The van der Waals surface area contributed by atoms with E-state index in [0.29, 0.717) is 31.8 Å². The first-order chi connectivity index (χ1) is 15.0. The highest BCUT2D eigenvalue weighted by atomic mass is 32.1. The summed E-state index contributed by atoms with van der Waals surface area (Å²) in [5.41, 5.74) is 2.24. The number of amides is 1. The van der Waals surface area contributed by atoms with Gasteiger partial charge in [0, 0.05) is 35.8 Å². The van der Waals surface area contributed by atoms with Crippen molar-refractivity contribution in [2.75, 3.05) is 37.5 Å². The molecule has 1 aromatic heterocycles. The third-order valence-corrected chi connectivity index (χ3v) is 6.57. The fourth-order valence-corrected chi connectivity index (χ4v) is 5.04. The van der Waals surface area contributed by atoms with Crippen LogP contribution in [-0.2, 0) is 16.1 Å². The summed E-state index contributed by atoms with van der Waals surface area (Å²) in [5, 5.41) is 3.35. The second kappa shape index (κ2) is 9.03. The first-order valence-electron chi connectivity index (χ1n) is 10.0. The second-order valence-corrected chi connectivity index (χ2v) is 8.38. The molecule has 2 aromatic carbocycles. The van der Waals surface area contributed by atoms with E-state index < -0.39 is 5.97 Å². The summed E-state index contributed by atoms with van der Waals surface area (Å²) >= 11 is 1.22. The highest BCUT2D eigenvalue weighted by Gasteiger charge is 2.24. The average molecular weight is 443 g/mol. The maximum atomic E-state index is 14.5. The monoisotopic (exact) mass is 442 g/mol. The Balaban J connectivity index is 1.75. The van der Waals surface area contributed by atoms with Gasteiger partial charge in [0.05, 0.1) is 35.5 Å². The summed E-state index contributed by atoms with van der Waals surface area (Å²) in [6.45, 7) is 1.87. The predicted molar refractivity (Wildman–Crippen MR) is 120 cm³/mol. The number of benzene rings is 2. The van der Waals surface area contributed by atoms with Crippen LogP contribution in [0.3, 0.4) is 0 Å². The minimum Gasteiger partial charge on any atom is -0.465 e. The van der Waals surface area contributed by atoms with Gasteiger partial charge in [0.2, 0.25) is 0 Å². The molecule has 4 rings (SSSR count). The molecule has 162 valence electrons. The normalized spacial score (nSPS) is 13.6. The average Bonchev–Trinajstić information content (AvgIpc) is 3.42. The van der Waals surface area contributed by atoms with E-state index in [4.69, 9.17) is 9.47 Å². The molecule has 0 spiro atoms. The number of methoxy groups -OCH3 is 2. The van der Waals surface area contributed by atoms with Crippen LogP contribution in [0.4, 0.5) is 15.8 Å². The van der Waals surface area contributed by atoms with Crippen molar-refractivity contribution in [1.29, 1.82) is 0 Å². The lowest BCUT2D eigenvalue weighted by molar-refractivity contribution is 0.0600. The van der Waals surface area contributed by atoms with Gasteiger partial charge in [-0.05, 0) is 43.2 Å². The van der Waals surface area contributed by atoms with Crippen LogP contribution >= 0.6 is 11.3 Å². The van der Waals surface area contributed by atoms with Crippen molar-refractivity contribution in [3.63, 3.8) is 0 Å². The van der Waals surface area contributed by atoms with E-state index in [0.717, 1.165) is 31.6 Å². The van der Waals surface area contributed by atoms with Crippen molar-refractivity contribution < 1.29 is 23.5 Å². The summed E-state index contributed by atoms with van der Waals surface area (Å²) in [4.78, 5) is 27.9. The molecule has 1 amide bonds. The van der Waals surface area contributed by atoms with Gasteiger partial charge in [-0.1, -0.05) is 6.07 Å². The third kappa shape index (κ3) is 4.13. The number of hydrogen-bond acceptors (Lipinski definition) is 6. The van der Waals surface area contributed by atoms with Crippen LogP contribution < -0.4 is 10.2 Å². The van der Waals surface area contributed by atoms with Crippen LogP contribution in [0.15, 0.2) is 36.4 Å². The van der Waals surface area contributed by atoms with Crippen molar-refractivity contribution in [2.24, 2.45) is 0 Å². The summed E-state index contributed by atoms with van der Waals surface area (Å²) in [6, 6.07) is 9.93. The molecule has 0 atom stereocenters. The first kappa shape index (κ1) is 21.3. The topological polar surface area (TPSA) is 67.9 Å². The molecule has 0 bridgehead atoms. The van der Waals surface area contributed by atoms with Gasteiger partial charge in [-0.3, -0.25) is 4.79 Å². The minimum absolute atomic E-state index is 0.116. The lowest BCUT2D eigenvalue weighted by atomic mass is 10.1. The molecule has 1 N–H and O–H groups in total. The summed E-state index contributed by atoms with van der Waals surface area (Å²) in [5.74, 6) is -1.23. The Hall–Kier alpha value is -2.97.